The van der Waals surface area contributed by atoms with Crippen LogP contribution in [0.2, 0.25) is 0 Å². The largest absolute Gasteiger partial charge is 0.310 e. The van der Waals surface area contributed by atoms with E-state index in [1.165, 1.54) is 8.80 Å². The molecule has 58 heavy (non-hydrogen) atoms. The van der Waals surface area contributed by atoms with Gasteiger partial charge in [0.05, 0.1) is 66.4 Å². The molecule has 4 heteroatoms. The molecular weight excluding hydrogens is 705 g/mol. The Morgan fingerprint density at radius 2 is 0.690 bits per heavy atom. The first-order chi connectivity index (χ1) is 35.5. The molecule has 0 saturated heterocycles. The van der Waals surface area contributed by atoms with E-state index in [1.807, 2.05) is 0 Å². The summed E-state index contributed by atoms with van der Waals surface area (Å²) in [5.74, 6) is 0. The number of hydrogen-bond donors (Lipinski definition) is 0. The van der Waals surface area contributed by atoms with Gasteiger partial charge >= 0.3 is 0 Å². The van der Waals surface area contributed by atoms with Gasteiger partial charge in [0.2, 0.25) is 0 Å². The van der Waals surface area contributed by atoms with Crippen molar-refractivity contribution in [3.8, 4) is 0 Å². The Bertz CT molecular complexity index is 4300. The van der Waals surface area contributed by atoms with Crippen LogP contribution in [0.15, 0.2) is 206 Å². The van der Waals surface area contributed by atoms with E-state index >= 15 is 0 Å². The Labute approximate surface area is 356 Å². The van der Waals surface area contributed by atoms with Gasteiger partial charge in [-0.2, -0.15) is 0 Å². The van der Waals surface area contributed by atoms with Gasteiger partial charge in [0, 0.05) is 65.8 Å². The van der Waals surface area contributed by atoms with Gasteiger partial charge in [0.25, 0.3) is 0 Å². The second-order valence-electron chi connectivity index (χ2n) is 14.1. The van der Waals surface area contributed by atoms with E-state index in [9.17, 15) is 19.2 Å². The van der Waals surface area contributed by atoms with Crippen molar-refractivity contribution in [2.45, 2.75) is 0 Å². The summed E-state index contributed by atoms with van der Waals surface area (Å²) in [6, 6.07) is 24.6. The molecule has 4 heterocycles. The minimum atomic E-state index is -0.558. The molecule has 270 valence electrons. The van der Waals surface area contributed by atoms with Gasteiger partial charge in [-0.1, -0.05) is 121 Å². The molecule has 0 aliphatic rings. The molecule has 4 nitrogen and oxygen atoms in total. The third kappa shape index (κ3) is 4.18. The van der Waals surface area contributed by atoms with Crippen LogP contribution in [0.1, 0.15) is 21.9 Å². The molecule has 0 fully saturated rings. The molecule has 0 unspecified atom stereocenters. The monoisotopic (exact) mass is 754 g/mol. The number of para-hydroxylation sites is 6. The molecule has 13 rings (SSSR count). The first-order valence-corrected chi connectivity index (χ1v) is 18.6. The van der Waals surface area contributed by atoms with Crippen molar-refractivity contribution in [3.05, 3.63) is 206 Å². The van der Waals surface area contributed by atoms with Crippen molar-refractivity contribution in [1.29, 1.82) is 0 Å². The molecule has 0 spiro atoms. The SMILES string of the molecule is [2H]c1ccc(N(c2ccccc2)c2c([2H])c([2H])c([2H])c3c2c2c([2H])c([2H])c([2H])c4c5c([2H])c6c(c([2H])c5n3c24)c2c([2H])c([2H])c([2H])c3c4c(N(c5ccccc5)c5ccc([2H])cc5)c([2H])c([2H])c([2H])c4n6c32)cc1. The van der Waals surface area contributed by atoms with Crippen LogP contribution in [0.3, 0.4) is 0 Å². The van der Waals surface area contributed by atoms with Gasteiger partial charge in [-0.3, -0.25) is 0 Å². The van der Waals surface area contributed by atoms with E-state index in [4.69, 9.17) is 2.74 Å². The standard InChI is InChI=1S/C54H34N4/c1-5-17-35(18-6-1)55(36-19-7-2-8-20-36)45-29-15-31-47-51(45)41-27-13-25-39-43-34-50-44(33-49(43)57(47)53(39)41)40-26-14-28-42-52-46(30-16-32-48(52)58(50)54(40)42)56(37-21-9-3-10-22-37)38-23-11-4-12-24-38/h1-34H/i1D,3D,13D,14D,15D,16D,25D,26D,27D,28D,29D,30D,31D,32D,33D,34D. The fourth-order valence-corrected chi connectivity index (χ4v) is 8.76. The molecule has 9 aromatic carbocycles. The summed E-state index contributed by atoms with van der Waals surface area (Å²) < 4.78 is 154. The van der Waals surface area contributed by atoms with Crippen LogP contribution in [0.5, 0.6) is 0 Å². The lowest BCUT2D eigenvalue weighted by molar-refractivity contribution is 1.29. The molecule has 0 N–H and O–H groups in total. The molecule has 0 aliphatic heterocycles. The second kappa shape index (κ2) is 11.8. The van der Waals surface area contributed by atoms with Gasteiger partial charge in [-0.05, 0) is 84.8 Å². The second-order valence-corrected chi connectivity index (χ2v) is 14.1. The smallest absolute Gasteiger partial charge is 0.0653 e. The van der Waals surface area contributed by atoms with Crippen molar-refractivity contribution in [3.63, 3.8) is 0 Å². The van der Waals surface area contributed by atoms with E-state index < -0.39 is 72.5 Å². The first kappa shape index (κ1) is 19.9. The third-order valence-corrected chi connectivity index (χ3v) is 11.1. The van der Waals surface area contributed by atoms with Gasteiger partial charge < -0.3 is 18.6 Å². The maximum Gasteiger partial charge on any atom is 0.0653 e. The molecule has 0 radical (unpaired) electrons. The lowest BCUT2D eigenvalue weighted by Gasteiger charge is -2.26. The topological polar surface area (TPSA) is 15.3 Å². The summed E-state index contributed by atoms with van der Waals surface area (Å²) in [4.78, 5) is 3.34. The van der Waals surface area contributed by atoms with E-state index in [-0.39, 0.29) is 112 Å². The predicted octanol–water partition coefficient (Wildman–Crippen LogP) is 14.9. The highest BCUT2D eigenvalue weighted by Gasteiger charge is 2.26. The Kier molecular flexibility index (Phi) is 4.05. The molecule has 0 amide bonds. The first-order valence-electron chi connectivity index (χ1n) is 26.6. The Balaban J connectivity index is 1.27. The molecule has 0 saturated carbocycles. The highest BCUT2D eigenvalue weighted by Crippen LogP contribution is 2.49. The summed E-state index contributed by atoms with van der Waals surface area (Å²) in [7, 11) is 0. The van der Waals surface area contributed by atoms with E-state index in [0.29, 0.717) is 22.7 Å². The summed E-state index contributed by atoms with van der Waals surface area (Å²) in [5.41, 5.74) is 1.95. The normalized spacial score (nSPS) is 16.0. The summed E-state index contributed by atoms with van der Waals surface area (Å²) in [5, 5.41) is -0.00488. The fourth-order valence-electron chi connectivity index (χ4n) is 8.76. The van der Waals surface area contributed by atoms with Crippen molar-refractivity contribution < 1.29 is 21.9 Å². The van der Waals surface area contributed by atoms with Crippen LogP contribution < -0.4 is 9.80 Å². The lowest BCUT2D eigenvalue weighted by Crippen LogP contribution is -2.10. The average molecular weight is 755 g/mol. The zero-order valence-corrected chi connectivity index (χ0v) is 30.2. The van der Waals surface area contributed by atoms with Crippen molar-refractivity contribution in [2.75, 3.05) is 9.80 Å². The average Bonchev–Trinajstić information content (AvgIpc) is 4.23. The van der Waals surface area contributed by atoms with Gasteiger partial charge in [-0.25, -0.2) is 0 Å². The van der Waals surface area contributed by atoms with Crippen molar-refractivity contribution >= 4 is 110 Å². The summed E-state index contributed by atoms with van der Waals surface area (Å²) in [6.07, 6.45) is 0. The van der Waals surface area contributed by atoms with Crippen LogP contribution in [0.4, 0.5) is 34.1 Å². The molecular formula is C54H34N4. The zero-order valence-electron chi connectivity index (χ0n) is 46.2. The highest BCUT2D eigenvalue weighted by molar-refractivity contribution is 6.31. The zero-order chi connectivity index (χ0) is 51.8. The number of fused-ring (bicyclic) bond motifs is 12. The van der Waals surface area contributed by atoms with Gasteiger partial charge in [0.1, 0.15) is 0 Å². The van der Waals surface area contributed by atoms with E-state index in [0.717, 1.165) is 0 Å². The molecule has 13 aromatic rings. The van der Waals surface area contributed by atoms with E-state index in [2.05, 4.69) is 0 Å². The van der Waals surface area contributed by atoms with Crippen LogP contribution >= 0.6 is 0 Å². The third-order valence-electron chi connectivity index (χ3n) is 11.1. The van der Waals surface area contributed by atoms with E-state index in [1.54, 1.807) is 119 Å². The minimum absolute atomic E-state index is 0.0169. The minimum Gasteiger partial charge on any atom is -0.310 e. The van der Waals surface area contributed by atoms with Gasteiger partial charge in [-0.15, -0.1) is 0 Å². The quantitative estimate of drug-likeness (QED) is 0.168. The van der Waals surface area contributed by atoms with Crippen LogP contribution in [0.25, 0.3) is 76.2 Å². The van der Waals surface area contributed by atoms with Crippen molar-refractivity contribution in [1.82, 2.24) is 8.80 Å². The molecule has 0 atom stereocenters. The van der Waals surface area contributed by atoms with Crippen LogP contribution in [-0.4, -0.2) is 8.80 Å². The van der Waals surface area contributed by atoms with Gasteiger partial charge in [0.15, 0.2) is 0 Å². The molecule has 4 aromatic heterocycles. The lowest BCUT2D eigenvalue weighted by atomic mass is 10.0. The summed E-state index contributed by atoms with van der Waals surface area (Å²) >= 11 is 0. The highest BCUT2D eigenvalue weighted by atomic mass is 15.2. The maximum atomic E-state index is 10.3. The number of nitrogens with zero attached hydrogens (tertiary/aromatic N) is 4. The van der Waals surface area contributed by atoms with Crippen LogP contribution in [-0.2, 0) is 0 Å². The number of aromatic nitrogens is 2. The van der Waals surface area contributed by atoms with Crippen LogP contribution in [0, 0.1) is 0 Å². The Morgan fingerprint density at radius 1 is 0.328 bits per heavy atom. The summed E-state index contributed by atoms with van der Waals surface area (Å²) in [6.45, 7) is 0. The number of anilines is 6. The predicted molar refractivity (Wildman–Crippen MR) is 245 cm³/mol. The number of hydrogen-bond acceptors (Lipinski definition) is 2. The molecule has 0 aliphatic carbocycles. The Hall–Kier alpha value is -7.82. The maximum absolute atomic E-state index is 10.3. The Morgan fingerprint density at radius 3 is 1.10 bits per heavy atom. The number of benzene rings is 9. The van der Waals surface area contributed by atoms with Crippen molar-refractivity contribution in [2.24, 2.45) is 0 Å². The fraction of sp³-hybridized carbons (Fsp3) is 0. The molecule has 0 bridgehead atoms. The number of rotatable bonds is 6.